The molecule has 3 rings (SSSR count). The molecule has 0 radical (unpaired) electrons. The minimum Gasteiger partial charge on any atom is -0.497 e. The summed E-state index contributed by atoms with van der Waals surface area (Å²) in [5, 5.41) is 3.26. The van der Waals surface area contributed by atoms with Gasteiger partial charge in [-0.25, -0.2) is 0 Å². The predicted molar refractivity (Wildman–Crippen MR) is 101 cm³/mol. The van der Waals surface area contributed by atoms with Gasteiger partial charge in [-0.3, -0.25) is 9.69 Å². The lowest BCUT2D eigenvalue weighted by molar-refractivity contribution is -0.121. The quantitative estimate of drug-likeness (QED) is 0.858. The second-order valence-electron chi connectivity index (χ2n) is 7.63. The van der Waals surface area contributed by atoms with E-state index in [0.717, 1.165) is 17.9 Å². The standard InChI is InChI=1S/C21H32N2O2/c1-25-19-10-8-18(9-11-19)16-20(24)22-17-21(12-4-2-5-13-21)23-14-6-3-7-15-23/h8-11H,2-7,12-17H2,1H3,(H,22,24). The fraction of sp³-hybridized carbons (Fsp3) is 0.667. The molecule has 0 spiro atoms. The van der Waals surface area contributed by atoms with E-state index in [2.05, 4.69) is 10.2 Å². The van der Waals surface area contributed by atoms with Crippen LogP contribution in [0.5, 0.6) is 5.75 Å². The zero-order valence-electron chi connectivity index (χ0n) is 15.6. The number of nitrogens with one attached hydrogen (secondary N) is 1. The lowest BCUT2D eigenvalue weighted by Gasteiger charge is -2.48. The van der Waals surface area contributed by atoms with Gasteiger partial charge in [-0.05, 0) is 56.5 Å². The number of methoxy groups -OCH3 is 1. The fourth-order valence-corrected chi connectivity index (χ4v) is 4.44. The largest absolute Gasteiger partial charge is 0.497 e. The van der Waals surface area contributed by atoms with Crippen molar-refractivity contribution in [1.82, 2.24) is 10.2 Å². The van der Waals surface area contributed by atoms with Gasteiger partial charge in [-0.15, -0.1) is 0 Å². The first-order chi connectivity index (χ1) is 12.2. The van der Waals surface area contributed by atoms with E-state index in [-0.39, 0.29) is 11.4 Å². The number of ether oxygens (including phenoxy) is 1. The Bertz CT molecular complexity index is 544. The molecular formula is C21H32N2O2. The number of hydrogen-bond donors (Lipinski definition) is 1. The molecule has 1 aliphatic heterocycles. The monoisotopic (exact) mass is 344 g/mol. The van der Waals surface area contributed by atoms with Gasteiger partial charge in [-0.2, -0.15) is 0 Å². The summed E-state index contributed by atoms with van der Waals surface area (Å²) < 4.78 is 5.18. The van der Waals surface area contributed by atoms with Gasteiger partial charge in [0, 0.05) is 12.1 Å². The van der Waals surface area contributed by atoms with Crippen molar-refractivity contribution in [3.8, 4) is 5.75 Å². The summed E-state index contributed by atoms with van der Waals surface area (Å²) in [6.45, 7) is 3.21. The zero-order valence-corrected chi connectivity index (χ0v) is 15.6. The van der Waals surface area contributed by atoms with Crippen LogP contribution < -0.4 is 10.1 Å². The summed E-state index contributed by atoms with van der Waals surface area (Å²) in [4.78, 5) is 15.2. The Balaban J connectivity index is 1.57. The van der Waals surface area contributed by atoms with Gasteiger partial charge in [0.05, 0.1) is 13.5 Å². The van der Waals surface area contributed by atoms with E-state index >= 15 is 0 Å². The lowest BCUT2D eigenvalue weighted by atomic mass is 9.79. The molecule has 0 aromatic heterocycles. The zero-order chi connectivity index (χ0) is 17.5. The summed E-state index contributed by atoms with van der Waals surface area (Å²) >= 11 is 0. The number of carbonyl (C=O) groups excluding carboxylic acids is 1. The average molecular weight is 344 g/mol. The molecule has 138 valence electrons. The normalized spacial score (nSPS) is 20.8. The van der Waals surface area contributed by atoms with E-state index in [1.807, 2.05) is 24.3 Å². The Morgan fingerprint density at radius 2 is 1.68 bits per heavy atom. The molecule has 1 saturated heterocycles. The molecule has 0 atom stereocenters. The van der Waals surface area contributed by atoms with Crippen molar-refractivity contribution < 1.29 is 9.53 Å². The molecule has 25 heavy (non-hydrogen) atoms. The lowest BCUT2D eigenvalue weighted by Crippen LogP contribution is -2.58. The average Bonchev–Trinajstić information content (AvgIpc) is 2.68. The van der Waals surface area contributed by atoms with Crippen LogP contribution in [-0.2, 0) is 11.2 Å². The van der Waals surface area contributed by atoms with Crippen molar-refractivity contribution in [2.45, 2.75) is 63.3 Å². The Kier molecular flexibility index (Phi) is 6.35. The predicted octanol–water partition coefficient (Wildman–Crippen LogP) is 3.54. The van der Waals surface area contributed by atoms with Crippen molar-refractivity contribution in [3.63, 3.8) is 0 Å². The summed E-state index contributed by atoms with van der Waals surface area (Å²) in [5.74, 6) is 0.961. The van der Waals surface area contributed by atoms with Crippen molar-refractivity contribution in [1.29, 1.82) is 0 Å². The minimum atomic E-state index is 0.132. The Morgan fingerprint density at radius 1 is 1.04 bits per heavy atom. The van der Waals surface area contributed by atoms with Crippen molar-refractivity contribution in [2.24, 2.45) is 0 Å². The third-order valence-electron chi connectivity index (χ3n) is 5.95. The van der Waals surface area contributed by atoms with Crippen molar-refractivity contribution in [3.05, 3.63) is 29.8 Å². The molecule has 1 amide bonds. The summed E-state index contributed by atoms with van der Waals surface area (Å²) in [5.41, 5.74) is 1.24. The fourth-order valence-electron chi connectivity index (χ4n) is 4.44. The van der Waals surface area contributed by atoms with Gasteiger partial charge in [0.25, 0.3) is 0 Å². The van der Waals surface area contributed by atoms with Crippen LogP contribution in [-0.4, -0.2) is 43.1 Å². The van der Waals surface area contributed by atoms with E-state index in [0.29, 0.717) is 6.42 Å². The molecule has 1 aliphatic carbocycles. The number of benzene rings is 1. The van der Waals surface area contributed by atoms with E-state index in [1.165, 1.54) is 64.5 Å². The summed E-state index contributed by atoms with van der Waals surface area (Å²) in [7, 11) is 1.66. The van der Waals surface area contributed by atoms with Gasteiger partial charge < -0.3 is 10.1 Å². The molecule has 2 aliphatic rings. The van der Waals surface area contributed by atoms with Crippen LogP contribution in [0.1, 0.15) is 56.9 Å². The number of amides is 1. The maximum Gasteiger partial charge on any atom is 0.224 e. The highest BCUT2D eigenvalue weighted by molar-refractivity contribution is 5.78. The Morgan fingerprint density at radius 3 is 2.32 bits per heavy atom. The van der Waals surface area contributed by atoms with Gasteiger partial charge >= 0.3 is 0 Å². The van der Waals surface area contributed by atoms with E-state index < -0.39 is 0 Å². The molecule has 4 heteroatoms. The summed E-state index contributed by atoms with van der Waals surface area (Å²) in [6.07, 6.45) is 10.8. The third-order valence-corrected chi connectivity index (χ3v) is 5.95. The van der Waals surface area contributed by atoms with Crippen LogP contribution in [0.15, 0.2) is 24.3 Å². The molecule has 1 aromatic rings. The topological polar surface area (TPSA) is 41.6 Å². The third kappa shape index (κ3) is 4.75. The van der Waals surface area contributed by atoms with Crippen molar-refractivity contribution >= 4 is 5.91 Å². The highest BCUT2D eigenvalue weighted by Gasteiger charge is 2.38. The summed E-state index contributed by atoms with van der Waals surface area (Å²) in [6, 6.07) is 7.77. The molecule has 1 aromatic carbocycles. The maximum atomic E-state index is 12.5. The Hall–Kier alpha value is -1.55. The van der Waals surface area contributed by atoms with Crippen LogP contribution in [0.2, 0.25) is 0 Å². The van der Waals surface area contributed by atoms with Crippen LogP contribution in [0.4, 0.5) is 0 Å². The van der Waals surface area contributed by atoms with Crippen LogP contribution in [0, 0.1) is 0 Å². The highest BCUT2D eigenvalue weighted by Crippen LogP contribution is 2.35. The molecule has 1 N–H and O–H groups in total. The van der Waals surface area contributed by atoms with E-state index in [4.69, 9.17) is 4.74 Å². The SMILES string of the molecule is COc1ccc(CC(=O)NCC2(N3CCCCC3)CCCCC2)cc1. The molecule has 4 nitrogen and oxygen atoms in total. The first-order valence-corrected chi connectivity index (χ1v) is 9.87. The molecular weight excluding hydrogens is 312 g/mol. The number of rotatable bonds is 6. The van der Waals surface area contributed by atoms with Crippen LogP contribution >= 0.6 is 0 Å². The number of likely N-dealkylation sites (tertiary alicyclic amines) is 1. The van der Waals surface area contributed by atoms with Gasteiger partial charge in [0.15, 0.2) is 0 Å². The number of piperidine rings is 1. The molecule has 0 bridgehead atoms. The smallest absolute Gasteiger partial charge is 0.224 e. The first kappa shape index (κ1) is 18.2. The van der Waals surface area contributed by atoms with Crippen molar-refractivity contribution in [2.75, 3.05) is 26.7 Å². The van der Waals surface area contributed by atoms with Crippen LogP contribution in [0.25, 0.3) is 0 Å². The Labute approximate surface area is 151 Å². The highest BCUT2D eigenvalue weighted by atomic mass is 16.5. The molecule has 1 saturated carbocycles. The number of carbonyl (C=O) groups is 1. The van der Waals surface area contributed by atoms with Gasteiger partial charge in [0.1, 0.15) is 5.75 Å². The maximum absolute atomic E-state index is 12.5. The molecule has 1 heterocycles. The second kappa shape index (κ2) is 8.70. The van der Waals surface area contributed by atoms with Crippen LogP contribution in [0.3, 0.4) is 0 Å². The number of nitrogens with zero attached hydrogens (tertiary/aromatic N) is 1. The van der Waals surface area contributed by atoms with Gasteiger partial charge in [-0.1, -0.05) is 37.8 Å². The molecule has 2 fully saturated rings. The first-order valence-electron chi connectivity index (χ1n) is 9.87. The van der Waals surface area contributed by atoms with E-state index in [9.17, 15) is 4.79 Å². The number of hydrogen-bond acceptors (Lipinski definition) is 3. The second-order valence-corrected chi connectivity index (χ2v) is 7.63. The minimum absolute atomic E-state index is 0.132. The van der Waals surface area contributed by atoms with E-state index in [1.54, 1.807) is 7.11 Å². The van der Waals surface area contributed by atoms with Gasteiger partial charge in [0.2, 0.25) is 5.91 Å². The molecule has 0 unspecified atom stereocenters.